The van der Waals surface area contributed by atoms with E-state index in [2.05, 4.69) is 10.5 Å². The van der Waals surface area contributed by atoms with Gasteiger partial charge in [0.15, 0.2) is 5.76 Å². The van der Waals surface area contributed by atoms with Gasteiger partial charge in [0.1, 0.15) is 0 Å². The first-order valence-electron chi connectivity index (χ1n) is 6.56. The SMILES string of the molecule is Cc1noc(-c2ccc3c(c2)C(C)(C)C(=O)N3)c1CN. The Morgan fingerprint density at radius 3 is 2.85 bits per heavy atom. The van der Waals surface area contributed by atoms with Crippen LogP contribution in [-0.4, -0.2) is 11.1 Å². The maximum atomic E-state index is 12.0. The van der Waals surface area contributed by atoms with Crippen molar-refractivity contribution in [2.75, 3.05) is 5.32 Å². The van der Waals surface area contributed by atoms with E-state index in [9.17, 15) is 4.79 Å². The minimum atomic E-state index is -0.538. The summed E-state index contributed by atoms with van der Waals surface area (Å²) in [7, 11) is 0. The van der Waals surface area contributed by atoms with Gasteiger partial charge in [-0.1, -0.05) is 5.16 Å². The van der Waals surface area contributed by atoms with E-state index in [0.29, 0.717) is 12.3 Å². The first kappa shape index (κ1) is 12.9. The Morgan fingerprint density at radius 1 is 1.40 bits per heavy atom. The largest absolute Gasteiger partial charge is 0.356 e. The summed E-state index contributed by atoms with van der Waals surface area (Å²) >= 11 is 0. The Labute approximate surface area is 117 Å². The summed E-state index contributed by atoms with van der Waals surface area (Å²) < 4.78 is 5.39. The summed E-state index contributed by atoms with van der Waals surface area (Å²) in [5, 5.41) is 6.86. The number of benzene rings is 1. The van der Waals surface area contributed by atoms with Gasteiger partial charge in [0, 0.05) is 23.4 Å². The molecule has 0 saturated carbocycles. The van der Waals surface area contributed by atoms with Crippen molar-refractivity contribution in [3.8, 4) is 11.3 Å². The minimum absolute atomic E-state index is 0.0115. The molecule has 0 spiro atoms. The molecule has 0 bridgehead atoms. The molecule has 104 valence electrons. The van der Waals surface area contributed by atoms with Crippen molar-refractivity contribution in [1.82, 2.24) is 5.16 Å². The molecular weight excluding hydrogens is 254 g/mol. The number of carbonyl (C=O) groups is 1. The zero-order chi connectivity index (χ0) is 14.5. The molecule has 5 nitrogen and oxygen atoms in total. The first-order chi connectivity index (χ1) is 9.45. The lowest BCUT2D eigenvalue weighted by Gasteiger charge is -2.15. The first-order valence-corrected chi connectivity index (χ1v) is 6.56. The van der Waals surface area contributed by atoms with Crippen LogP contribution in [0.15, 0.2) is 22.7 Å². The highest BCUT2D eigenvalue weighted by Crippen LogP contribution is 2.40. The molecule has 20 heavy (non-hydrogen) atoms. The molecule has 2 heterocycles. The second-order valence-corrected chi connectivity index (χ2v) is 5.62. The fourth-order valence-electron chi connectivity index (χ4n) is 2.57. The topological polar surface area (TPSA) is 81.2 Å². The quantitative estimate of drug-likeness (QED) is 0.878. The van der Waals surface area contributed by atoms with Crippen LogP contribution in [0.25, 0.3) is 11.3 Å². The van der Waals surface area contributed by atoms with E-state index in [4.69, 9.17) is 10.3 Å². The number of fused-ring (bicyclic) bond motifs is 1. The number of amides is 1. The molecule has 2 aromatic rings. The van der Waals surface area contributed by atoms with Crippen molar-refractivity contribution in [1.29, 1.82) is 0 Å². The van der Waals surface area contributed by atoms with Crippen LogP contribution < -0.4 is 11.1 Å². The van der Waals surface area contributed by atoms with Crippen LogP contribution in [0.5, 0.6) is 0 Å². The lowest BCUT2D eigenvalue weighted by Crippen LogP contribution is -2.26. The number of aryl methyl sites for hydroxylation is 1. The molecule has 0 unspecified atom stereocenters. The normalized spacial score (nSPS) is 16.1. The highest BCUT2D eigenvalue weighted by Gasteiger charge is 2.38. The number of nitrogens with one attached hydrogen (secondary N) is 1. The molecule has 3 rings (SSSR count). The summed E-state index contributed by atoms with van der Waals surface area (Å²) in [5.74, 6) is 0.695. The van der Waals surface area contributed by atoms with E-state index in [0.717, 1.165) is 28.1 Å². The molecule has 1 amide bonds. The highest BCUT2D eigenvalue weighted by atomic mass is 16.5. The monoisotopic (exact) mass is 271 g/mol. The fourth-order valence-corrected chi connectivity index (χ4v) is 2.57. The molecule has 1 aromatic heterocycles. The molecule has 0 atom stereocenters. The van der Waals surface area contributed by atoms with Crippen molar-refractivity contribution in [3.05, 3.63) is 35.0 Å². The number of nitrogens with two attached hydrogens (primary N) is 1. The second-order valence-electron chi connectivity index (χ2n) is 5.62. The highest BCUT2D eigenvalue weighted by molar-refractivity contribution is 6.06. The van der Waals surface area contributed by atoms with Crippen molar-refractivity contribution in [2.45, 2.75) is 32.7 Å². The average molecular weight is 271 g/mol. The Kier molecular flexibility index (Phi) is 2.69. The number of hydrogen-bond acceptors (Lipinski definition) is 4. The van der Waals surface area contributed by atoms with Crippen LogP contribution in [0.4, 0.5) is 5.69 Å². The van der Waals surface area contributed by atoms with Crippen LogP contribution in [-0.2, 0) is 16.8 Å². The fraction of sp³-hybridized carbons (Fsp3) is 0.333. The molecule has 0 saturated heterocycles. The van der Waals surface area contributed by atoms with E-state index < -0.39 is 5.41 Å². The van der Waals surface area contributed by atoms with Crippen molar-refractivity contribution < 1.29 is 9.32 Å². The van der Waals surface area contributed by atoms with Gasteiger partial charge in [-0.2, -0.15) is 0 Å². The van der Waals surface area contributed by atoms with Gasteiger partial charge in [-0.15, -0.1) is 0 Å². The number of rotatable bonds is 2. The third-order valence-corrected chi connectivity index (χ3v) is 3.96. The molecule has 3 N–H and O–H groups in total. The zero-order valence-electron chi connectivity index (χ0n) is 11.8. The summed E-state index contributed by atoms with van der Waals surface area (Å²) in [5.41, 5.74) is 9.64. The summed E-state index contributed by atoms with van der Waals surface area (Å²) in [6.45, 7) is 6.07. The Morgan fingerprint density at radius 2 is 2.15 bits per heavy atom. The van der Waals surface area contributed by atoms with Gasteiger partial charge in [0.2, 0.25) is 5.91 Å². The van der Waals surface area contributed by atoms with E-state index in [1.165, 1.54) is 0 Å². The predicted octanol–water partition coefficient (Wildman–Crippen LogP) is 2.34. The third-order valence-electron chi connectivity index (χ3n) is 3.96. The maximum Gasteiger partial charge on any atom is 0.234 e. The molecule has 1 aliphatic rings. The summed E-state index contributed by atoms with van der Waals surface area (Å²) in [4.78, 5) is 12.0. The molecule has 0 fully saturated rings. The van der Waals surface area contributed by atoms with Crippen LogP contribution in [0.3, 0.4) is 0 Å². The van der Waals surface area contributed by atoms with Gasteiger partial charge >= 0.3 is 0 Å². The molecule has 5 heteroatoms. The van der Waals surface area contributed by atoms with Crippen LogP contribution >= 0.6 is 0 Å². The summed E-state index contributed by atoms with van der Waals surface area (Å²) in [6.07, 6.45) is 0. The Balaban J connectivity index is 2.15. The standard InChI is InChI=1S/C15H17N3O2/c1-8-10(7-16)13(20-18-8)9-4-5-12-11(6-9)15(2,3)14(19)17-12/h4-6H,7,16H2,1-3H3,(H,17,19). The van der Waals surface area contributed by atoms with Crippen LogP contribution in [0.2, 0.25) is 0 Å². The number of aromatic nitrogens is 1. The lowest BCUT2D eigenvalue weighted by molar-refractivity contribution is -0.119. The number of nitrogens with zero attached hydrogens (tertiary/aromatic N) is 1. The number of hydrogen-bond donors (Lipinski definition) is 2. The summed E-state index contributed by atoms with van der Waals surface area (Å²) in [6, 6.07) is 5.79. The second kappa shape index (κ2) is 4.18. The zero-order valence-corrected chi connectivity index (χ0v) is 11.8. The van der Waals surface area contributed by atoms with Crippen molar-refractivity contribution in [3.63, 3.8) is 0 Å². The molecule has 1 aromatic carbocycles. The Bertz CT molecular complexity index is 701. The van der Waals surface area contributed by atoms with Gasteiger partial charge in [0.05, 0.1) is 11.1 Å². The van der Waals surface area contributed by atoms with Gasteiger partial charge in [-0.3, -0.25) is 4.79 Å². The maximum absolute atomic E-state index is 12.0. The predicted molar refractivity (Wildman–Crippen MR) is 76.2 cm³/mol. The smallest absolute Gasteiger partial charge is 0.234 e. The van der Waals surface area contributed by atoms with Gasteiger partial charge < -0.3 is 15.6 Å². The molecular formula is C15H17N3O2. The van der Waals surface area contributed by atoms with Crippen LogP contribution in [0.1, 0.15) is 30.7 Å². The van der Waals surface area contributed by atoms with Crippen molar-refractivity contribution in [2.24, 2.45) is 5.73 Å². The average Bonchev–Trinajstić information content (AvgIpc) is 2.89. The van der Waals surface area contributed by atoms with E-state index in [1.54, 1.807) is 0 Å². The van der Waals surface area contributed by atoms with Gasteiger partial charge in [-0.25, -0.2) is 0 Å². The number of anilines is 1. The molecule has 1 aliphatic heterocycles. The van der Waals surface area contributed by atoms with Gasteiger partial charge in [0.25, 0.3) is 0 Å². The lowest BCUT2D eigenvalue weighted by atomic mass is 9.85. The van der Waals surface area contributed by atoms with E-state index in [1.807, 2.05) is 39.0 Å². The molecule has 0 radical (unpaired) electrons. The minimum Gasteiger partial charge on any atom is -0.356 e. The van der Waals surface area contributed by atoms with Gasteiger partial charge in [-0.05, 0) is 44.5 Å². The van der Waals surface area contributed by atoms with E-state index in [-0.39, 0.29) is 5.91 Å². The van der Waals surface area contributed by atoms with Crippen molar-refractivity contribution >= 4 is 11.6 Å². The third kappa shape index (κ3) is 1.67. The number of carbonyl (C=O) groups excluding carboxylic acids is 1. The molecule has 0 aliphatic carbocycles. The Hall–Kier alpha value is -2.14. The van der Waals surface area contributed by atoms with Crippen LogP contribution in [0, 0.1) is 6.92 Å². The van der Waals surface area contributed by atoms with E-state index >= 15 is 0 Å².